The van der Waals surface area contributed by atoms with Gasteiger partial charge >= 0.3 is 5.97 Å². The van der Waals surface area contributed by atoms with Crippen LogP contribution in [0.3, 0.4) is 0 Å². The maximum Gasteiger partial charge on any atom is 0.339 e. The van der Waals surface area contributed by atoms with E-state index < -0.39 is 5.97 Å². The number of rotatable bonds is 1. The van der Waals surface area contributed by atoms with Crippen molar-refractivity contribution < 1.29 is 15.0 Å². The molecule has 0 amide bonds. The molecule has 1 aliphatic carbocycles. The maximum atomic E-state index is 10.4. The highest BCUT2D eigenvalue weighted by atomic mass is 16.4. The Bertz CT molecular complexity index is 238. The van der Waals surface area contributed by atoms with E-state index in [1.807, 2.05) is 6.92 Å². The summed E-state index contributed by atoms with van der Waals surface area (Å²) >= 11 is 0. The van der Waals surface area contributed by atoms with Crippen LogP contribution in [0.5, 0.6) is 0 Å². The molecule has 1 rings (SSSR count). The van der Waals surface area contributed by atoms with Crippen LogP contribution in [0.15, 0.2) is 23.5 Å². The lowest BCUT2D eigenvalue weighted by molar-refractivity contribution is -0.132. The molecule has 0 aliphatic heterocycles. The second kappa shape index (κ2) is 2.78. The fraction of sp³-hybridized carbons (Fsp3) is 0.375. The number of aliphatic hydroxyl groups is 1. The zero-order valence-corrected chi connectivity index (χ0v) is 6.24. The van der Waals surface area contributed by atoms with Gasteiger partial charge in [-0.1, -0.05) is 13.0 Å². The first-order valence-corrected chi connectivity index (χ1v) is 3.46. The molecule has 0 fully saturated rings. The first-order chi connectivity index (χ1) is 5.11. The quantitative estimate of drug-likeness (QED) is 0.601. The normalized spacial score (nSPS) is 23.9. The maximum absolute atomic E-state index is 10.4. The summed E-state index contributed by atoms with van der Waals surface area (Å²) in [7, 11) is 0. The van der Waals surface area contributed by atoms with Gasteiger partial charge in [0, 0.05) is 0 Å². The summed E-state index contributed by atoms with van der Waals surface area (Å²) in [4.78, 5) is 10.4. The van der Waals surface area contributed by atoms with Crippen molar-refractivity contribution in [2.45, 2.75) is 13.3 Å². The van der Waals surface area contributed by atoms with Crippen molar-refractivity contribution in [1.82, 2.24) is 0 Å². The molecule has 1 atom stereocenters. The van der Waals surface area contributed by atoms with Crippen LogP contribution in [0.1, 0.15) is 13.3 Å². The monoisotopic (exact) mass is 154 g/mol. The standard InChI is InChI=1S/C8H10O3/c1-5-2-3-6(8(10)11)7(9)4-5/h3-5,9H,2H2,1H3,(H,10,11). The topological polar surface area (TPSA) is 57.5 Å². The van der Waals surface area contributed by atoms with Crippen LogP contribution >= 0.6 is 0 Å². The third kappa shape index (κ3) is 1.61. The lowest BCUT2D eigenvalue weighted by Gasteiger charge is -2.11. The minimum atomic E-state index is -1.06. The number of hydrogen-bond acceptors (Lipinski definition) is 2. The molecule has 0 saturated heterocycles. The smallest absolute Gasteiger partial charge is 0.339 e. The van der Waals surface area contributed by atoms with E-state index in [0.29, 0.717) is 6.42 Å². The highest BCUT2D eigenvalue weighted by molar-refractivity contribution is 5.91. The van der Waals surface area contributed by atoms with Crippen LogP contribution in [0, 0.1) is 5.92 Å². The van der Waals surface area contributed by atoms with Gasteiger partial charge in [-0.3, -0.25) is 0 Å². The van der Waals surface area contributed by atoms with Crippen LogP contribution in [0.25, 0.3) is 0 Å². The molecule has 1 unspecified atom stereocenters. The number of aliphatic hydroxyl groups excluding tert-OH is 1. The Kier molecular flexibility index (Phi) is 1.98. The molecule has 11 heavy (non-hydrogen) atoms. The van der Waals surface area contributed by atoms with E-state index in [-0.39, 0.29) is 17.3 Å². The number of hydrogen-bond donors (Lipinski definition) is 2. The average molecular weight is 154 g/mol. The molecule has 3 nitrogen and oxygen atoms in total. The number of carboxylic acid groups (broad SMARTS) is 1. The van der Waals surface area contributed by atoms with Gasteiger partial charge in [-0.15, -0.1) is 0 Å². The Labute approximate surface area is 64.7 Å². The van der Waals surface area contributed by atoms with Crippen molar-refractivity contribution >= 4 is 5.97 Å². The van der Waals surface area contributed by atoms with Crippen LogP contribution in [-0.2, 0) is 4.79 Å². The van der Waals surface area contributed by atoms with E-state index in [4.69, 9.17) is 10.2 Å². The van der Waals surface area contributed by atoms with Crippen molar-refractivity contribution in [1.29, 1.82) is 0 Å². The SMILES string of the molecule is CC1C=C(O)C(C(=O)O)=CC1. The van der Waals surface area contributed by atoms with E-state index in [2.05, 4.69) is 0 Å². The van der Waals surface area contributed by atoms with Gasteiger partial charge in [0.15, 0.2) is 0 Å². The molecular formula is C8H10O3. The molecule has 0 spiro atoms. The first-order valence-electron chi connectivity index (χ1n) is 3.46. The molecule has 3 heteroatoms. The third-order valence-corrected chi connectivity index (χ3v) is 1.64. The van der Waals surface area contributed by atoms with Gasteiger partial charge in [-0.2, -0.15) is 0 Å². The first kappa shape index (κ1) is 7.85. The number of allylic oxidation sites excluding steroid dienone is 2. The lowest BCUT2D eigenvalue weighted by atomic mass is 9.97. The number of carboxylic acids is 1. The van der Waals surface area contributed by atoms with Crippen molar-refractivity contribution in [2.75, 3.05) is 0 Å². The van der Waals surface area contributed by atoms with Gasteiger partial charge in [-0.05, 0) is 18.4 Å². The molecule has 0 bridgehead atoms. The number of carbonyl (C=O) groups is 1. The van der Waals surface area contributed by atoms with E-state index >= 15 is 0 Å². The van der Waals surface area contributed by atoms with Crippen LogP contribution < -0.4 is 0 Å². The summed E-state index contributed by atoms with van der Waals surface area (Å²) in [5.74, 6) is -0.944. The third-order valence-electron chi connectivity index (χ3n) is 1.64. The predicted molar refractivity (Wildman–Crippen MR) is 40.2 cm³/mol. The summed E-state index contributed by atoms with van der Waals surface area (Å²) in [6, 6.07) is 0. The zero-order valence-electron chi connectivity index (χ0n) is 6.24. The molecule has 0 saturated carbocycles. The van der Waals surface area contributed by atoms with Gasteiger partial charge in [0.2, 0.25) is 0 Å². The fourth-order valence-corrected chi connectivity index (χ4v) is 1.03. The molecular weight excluding hydrogens is 144 g/mol. The molecule has 0 aromatic rings. The van der Waals surface area contributed by atoms with E-state index in [1.165, 1.54) is 0 Å². The van der Waals surface area contributed by atoms with Crippen LogP contribution in [0.4, 0.5) is 0 Å². The number of aliphatic carboxylic acids is 1. The van der Waals surface area contributed by atoms with Gasteiger partial charge in [-0.25, -0.2) is 4.79 Å². The summed E-state index contributed by atoms with van der Waals surface area (Å²) in [5, 5.41) is 17.6. The second-order valence-corrected chi connectivity index (χ2v) is 2.69. The zero-order chi connectivity index (χ0) is 8.43. The van der Waals surface area contributed by atoms with E-state index in [9.17, 15) is 4.79 Å². The van der Waals surface area contributed by atoms with Gasteiger partial charge in [0.1, 0.15) is 5.76 Å². The minimum absolute atomic E-state index is 0.0168. The van der Waals surface area contributed by atoms with Crippen molar-refractivity contribution in [2.24, 2.45) is 5.92 Å². The summed E-state index contributed by atoms with van der Waals surface area (Å²) in [6.45, 7) is 1.92. The van der Waals surface area contributed by atoms with Crippen LogP contribution in [-0.4, -0.2) is 16.2 Å². The molecule has 1 aliphatic rings. The predicted octanol–water partition coefficient (Wildman–Crippen LogP) is 1.48. The average Bonchev–Trinajstić information content (AvgIpc) is 1.85. The van der Waals surface area contributed by atoms with Crippen molar-refractivity contribution in [3.63, 3.8) is 0 Å². The highest BCUT2D eigenvalue weighted by Crippen LogP contribution is 2.20. The minimum Gasteiger partial charge on any atom is -0.507 e. The molecule has 0 radical (unpaired) electrons. The van der Waals surface area contributed by atoms with E-state index in [1.54, 1.807) is 12.2 Å². The highest BCUT2D eigenvalue weighted by Gasteiger charge is 2.16. The Morgan fingerprint density at radius 3 is 2.82 bits per heavy atom. The molecule has 0 aromatic carbocycles. The summed E-state index contributed by atoms with van der Waals surface area (Å²) in [5.41, 5.74) is 0.0168. The van der Waals surface area contributed by atoms with Gasteiger partial charge in [0.05, 0.1) is 5.57 Å². The second-order valence-electron chi connectivity index (χ2n) is 2.69. The molecule has 0 heterocycles. The Morgan fingerprint density at radius 1 is 1.73 bits per heavy atom. The molecule has 2 N–H and O–H groups in total. The van der Waals surface area contributed by atoms with Gasteiger partial charge in [0.25, 0.3) is 0 Å². The Hall–Kier alpha value is -1.25. The molecule has 0 aromatic heterocycles. The van der Waals surface area contributed by atoms with E-state index in [0.717, 1.165) is 0 Å². The Morgan fingerprint density at radius 2 is 2.36 bits per heavy atom. The van der Waals surface area contributed by atoms with Crippen molar-refractivity contribution in [3.05, 3.63) is 23.5 Å². The lowest BCUT2D eigenvalue weighted by Crippen LogP contribution is -2.09. The van der Waals surface area contributed by atoms with Gasteiger partial charge < -0.3 is 10.2 Å². The molecule has 60 valence electrons. The largest absolute Gasteiger partial charge is 0.507 e. The Balaban J connectivity index is 2.86. The van der Waals surface area contributed by atoms with Crippen molar-refractivity contribution in [3.8, 4) is 0 Å². The van der Waals surface area contributed by atoms with Crippen LogP contribution in [0.2, 0.25) is 0 Å². The summed E-state index contributed by atoms with van der Waals surface area (Å²) < 4.78 is 0. The fourth-order valence-electron chi connectivity index (χ4n) is 1.03. The summed E-state index contributed by atoms with van der Waals surface area (Å²) in [6.07, 6.45) is 3.79.